The normalized spacial score (nSPS) is 10.5. The Kier molecular flexibility index (Phi) is 4.84. The summed E-state index contributed by atoms with van der Waals surface area (Å²) in [4.78, 5) is 27.7. The van der Waals surface area contributed by atoms with Crippen LogP contribution in [0.3, 0.4) is 0 Å². The minimum atomic E-state index is -0.680. The van der Waals surface area contributed by atoms with Crippen LogP contribution in [-0.4, -0.2) is 23.3 Å². The molecule has 2 aromatic rings. The predicted molar refractivity (Wildman–Crippen MR) is 81.2 cm³/mol. The van der Waals surface area contributed by atoms with Crippen molar-refractivity contribution >= 4 is 39.0 Å². The zero-order valence-electron chi connectivity index (χ0n) is 11.3. The van der Waals surface area contributed by atoms with Crippen molar-refractivity contribution < 1.29 is 18.7 Å². The first-order valence-corrected chi connectivity index (χ1v) is 7.69. The number of hydrogen-bond donors (Lipinski definition) is 0. The molecule has 1 aromatic heterocycles. The van der Waals surface area contributed by atoms with E-state index in [4.69, 9.17) is 4.74 Å². The van der Waals surface area contributed by atoms with Gasteiger partial charge in [0.15, 0.2) is 11.5 Å². The second kappa shape index (κ2) is 6.44. The fraction of sp³-hybridized carbons (Fsp3) is 0.214. The minimum Gasteiger partial charge on any atom is -0.461 e. The molecule has 2 rings (SSSR count). The number of thiazole rings is 1. The van der Waals surface area contributed by atoms with Crippen molar-refractivity contribution in [2.75, 3.05) is 6.61 Å². The van der Waals surface area contributed by atoms with E-state index in [9.17, 15) is 14.0 Å². The van der Waals surface area contributed by atoms with E-state index >= 15 is 0 Å². The molecular formula is C14H11BrFNO3S. The van der Waals surface area contributed by atoms with Crippen LogP contribution in [0.5, 0.6) is 0 Å². The van der Waals surface area contributed by atoms with Crippen molar-refractivity contribution in [2.24, 2.45) is 0 Å². The first-order valence-electron chi connectivity index (χ1n) is 6.08. The molecule has 7 heteroatoms. The maximum atomic E-state index is 13.9. The van der Waals surface area contributed by atoms with E-state index in [2.05, 4.69) is 20.9 Å². The number of nitrogens with zero attached hydrogens (tertiary/aromatic N) is 1. The molecule has 1 aromatic carbocycles. The Bertz CT molecular complexity index is 714. The number of rotatable bonds is 4. The zero-order chi connectivity index (χ0) is 15.6. The number of carbonyl (C=O) groups is 2. The highest BCUT2D eigenvalue weighted by Crippen LogP contribution is 2.32. The SMILES string of the molecule is CCOC(=O)c1nc(-c2cc(Br)ccc2F)sc1C(C)=O. The van der Waals surface area contributed by atoms with Crippen molar-refractivity contribution in [3.05, 3.63) is 39.1 Å². The van der Waals surface area contributed by atoms with Gasteiger partial charge in [0.1, 0.15) is 15.7 Å². The Labute approximate surface area is 133 Å². The van der Waals surface area contributed by atoms with Gasteiger partial charge >= 0.3 is 5.97 Å². The van der Waals surface area contributed by atoms with Crippen molar-refractivity contribution in [3.63, 3.8) is 0 Å². The quantitative estimate of drug-likeness (QED) is 0.599. The van der Waals surface area contributed by atoms with Gasteiger partial charge in [0.05, 0.1) is 6.61 Å². The number of ether oxygens (including phenoxy) is 1. The summed E-state index contributed by atoms with van der Waals surface area (Å²) in [5, 5.41) is 0.266. The number of ketones is 1. The van der Waals surface area contributed by atoms with E-state index in [1.807, 2.05) is 0 Å². The number of aromatic nitrogens is 1. The van der Waals surface area contributed by atoms with Crippen LogP contribution in [0.2, 0.25) is 0 Å². The smallest absolute Gasteiger partial charge is 0.358 e. The molecule has 0 N–H and O–H groups in total. The highest BCUT2D eigenvalue weighted by Gasteiger charge is 2.23. The van der Waals surface area contributed by atoms with Gasteiger partial charge in [0.25, 0.3) is 0 Å². The van der Waals surface area contributed by atoms with Gasteiger partial charge in [-0.15, -0.1) is 11.3 Å². The van der Waals surface area contributed by atoms with Crippen LogP contribution in [0.4, 0.5) is 4.39 Å². The monoisotopic (exact) mass is 371 g/mol. The van der Waals surface area contributed by atoms with Crippen molar-refractivity contribution in [1.29, 1.82) is 0 Å². The fourth-order valence-electron chi connectivity index (χ4n) is 1.67. The number of esters is 1. The number of benzene rings is 1. The molecule has 21 heavy (non-hydrogen) atoms. The summed E-state index contributed by atoms with van der Waals surface area (Å²) < 4.78 is 19.4. The van der Waals surface area contributed by atoms with Gasteiger partial charge in [-0.05, 0) is 25.1 Å². The Hall–Kier alpha value is -1.60. The maximum absolute atomic E-state index is 13.9. The first kappa shape index (κ1) is 15.8. The van der Waals surface area contributed by atoms with Gasteiger partial charge < -0.3 is 4.74 Å². The molecule has 0 aliphatic rings. The topological polar surface area (TPSA) is 56.3 Å². The van der Waals surface area contributed by atoms with Gasteiger partial charge in [0, 0.05) is 17.0 Å². The predicted octanol–water partition coefficient (Wildman–Crippen LogP) is 4.09. The third kappa shape index (κ3) is 3.36. The highest BCUT2D eigenvalue weighted by molar-refractivity contribution is 9.10. The number of carbonyl (C=O) groups excluding carboxylic acids is 2. The van der Waals surface area contributed by atoms with E-state index in [1.54, 1.807) is 19.1 Å². The Morgan fingerprint density at radius 3 is 2.76 bits per heavy atom. The van der Waals surface area contributed by atoms with Crippen LogP contribution in [0.15, 0.2) is 22.7 Å². The number of hydrogen-bond acceptors (Lipinski definition) is 5. The van der Waals surface area contributed by atoms with Crippen LogP contribution in [0.25, 0.3) is 10.6 Å². The maximum Gasteiger partial charge on any atom is 0.358 e. The molecule has 0 spiro atoms. The average molecular weight is 372 g/mol. The molecule has 0 aliphatic carbocycles. The second-order valence-electron chi connectivity index (χ2n) is 4.10. The Balaban J connectivity index is 2.56. The fourth-order valence-corrected chi connectivity index (χ4v) is 3.00. The van der Waals surface area contributed by atoms with Crippen LogP contribution < -0.4 is 0 Å². The van der Waals surface area contributed by atoms with E-state index in [0.29, 0.717) is 4.47 Å². The average Bonchev–Trinajstić information content (AvgIpc) is 2.87. The van der Waals surface area contributed by atoms with Crippen molar-refractivity contribution in [1.82, 2.24) is 4.98 Å². The molecule has 0 aliphatic heterocycles. The molecule has 4 nitrogen and oxygen atoms in total. The summed E-state index contributed by atoms with van der Waals surface area (Å²) in [7, 11) is 0. The number of halogens is 2. The first-order chi connectivity index (χ1) is 9.93. The lowest BCUT2D eigenvalue weighted by Gasteiger charge is -2.00. The molecule has 0 unspecified atom stereocenters. The molecule has 110 valence electrons. The summed E-state index contributed by atoms with van der Waals surface area (Å²) in [5.41, 5.74) is 0.163. The Morgan fingerprint density at radius 2 is 2.14 bits per heavy atom. The number of Topliss-reactive ketones (excluding diaryl/α,β-unsaturated/α-hetero) is 1. The van der Waals surface area contributed by atoms with Crippen molar-refractivity contribution in [2.45, 2.75) is 13.8 Å². The summed E-state index contributed by atoms with van der Waals surface area (Å²) >= 11 is 4.23. The molecule has 0 amide bonds. The van der Waals surface area contributed by atoms with E-state index in [-0.39, 0.29) is 33.5 Å². The molecular weight excluding hydrogens is 361 g/mol. The molecule has 0 bridgehead atoms. The van der Waals surface area contributed by atoms with Gasteiger partial charge in [-0.25, -0.2) is 14.2 Å². The van der Waals surface area contributed by atoms with Crippen LogP contribution in [0.1, 0.15) is 34.0 Å². The molecule has 1 heterocycles. The second-order valence-corrected chi connectivity index (χ2v) is 6.01. The standard InChI is InChI=1S/C14H11BrFNO3S/c1-3-20-14(19)11-12(7(2)18)21-13(17-11)9-6-8(15)4-5-10(9)16/h4-6H,3H2,1-2H3. The lowest BCUT2D eigenvalue weighted by atomic mass is 10.2. The molecule has 0 saturated heterocycles. The molecule has 0 fully saturated rings. The minimum absolute atomic E-state index is 0.0660. The molecule has 0 atom stereocenters. The van der Waals surface area contributed by atoms with Gasteiger partial charge in [-0.1, -0.05) is 15.9 Å². The molecule has 0 radical (unpaired) electrons. The zero-order valence-corrected chi connectivity index (χ0v) is 13.7. The largest absolute Gasteiger partial charge is 0.461 e. The van der Waals surface area contributed by atoms with Crippen molar-refractivity contribution in [3.8, 4) is 10.6 Å². The van der Waals surface area contributed by atoms with E-state index in [0.717, 1.165) is 11.3 Å². The van der Waals surface area contributed by atoms with Gasteiger partial charge in [0.2, 0.25) is 0 Å². The summed E-state index contributed by atoms with van der Waals surface area (Å²) in [5.74, 6) is -1.46. The van der Waals surface area contributed by atoms with Gasteiger partial charge in [-0.2, -0.15) is 0 Å². The third-order valence-electron chi connectivity index (χ3n) is 2.57. The Morgan fingerprint density at radius 1 is 1.43 bits per heavy atom. The lowest BCUT2D eigenvalue weighted by Crippen LogP contribution is -2.09. The van der Waals surface area contributed by atoms with Crippen LogP contribution in [-0.2, 0) is 4.74 Å². The van der Waals surface area contributed by atoms with E-state index in [1.165, 1.54) is 13.0 Å². The summed E-state index contributed by atoms with van der Waals surface area (Å²) in [6.45, 7) is 3.16. The van der Waals surface area contributed by atoms with Crippen LogP contribution in [0, 0.1) is 5.82 Å². The van der Waals surface area contributed by atoms with Crippen LogP contribution >= 0.6 is 27.3 Å². The summed E-state index contributed by atoms with van der Waals surface area (Å²) in [6.07, 6.45) is 0. The highest BCUT2D eigenvalue weighted by atomic mass is 79.9. The lowest BCUT2D eigenvalue weighted by molar-refractivity contribution is 0.0517. The van der Waals surface area contributed by atoms with Gasteiger partial charge in [-0.3, -0.25) is 4.79 Å². The summed E-state index contributed by atoms with van der Waals surface area (Å²) in [6, 6.07) is 4.40. The van der Waals surface area contributed by atoms with E-state index < -0.39 is 11.8 Å². The molecule has 0 saturated carbocycles. The third-order valence-corrected chi connectivity index (χ3v) is 4.26.